The van der Waals surface area contributed by atoms with Crippen LogP contribution in [0.15, 0.2) is 23.1 Å². The number of rotatable bonds is 8. The molecule has 2 aliphatic rings. The molecule has 0 aromatic heterocycles. The monoisotopic (exact) mass is 489 g/mol. The Labute approximate surface area is 190 Å². The van der Waals surface area contributed by atoms with Crippen LogP contribution in [0.25, 0.3) is 0 Å². The summed E-state index contributed by atoms with van der Waals surface area (Å²) < 4.78 is 64.5. The third-order valence-corrected chi connectivity index (χ3v) is 9.41. The molecule has 3 rings (SSSR count). The fraction of sp³-hybridized carbons (Fsp3) is 0.650. The Morgan fingerprint density at radius 2 is 1.66 bits per heavy atom. The van der Waals surface area contributed by atoms with Gasteiger partial charge in [-0.05, 0) is 31.0 Å². The summed E-state index contributed by atoms with van der Waals surface area (Å²) in [6.07, 6.45) is 3.55. The number of carbonyl (C=O) groups excluding carboxylic acids is 1. The van der Waals surface area contributed by atoms with E-state index in [0.717, 1.165) is 25.7 Å². The van der Waals surface area contributed by atoms with Crippen LogP contribution in [0.3, 0.4) is 0 Å². The van der Waals surface area contributed by atoms with E-state index in [0.29, 0.717) is 39.4 Å². The molecule has 2 fully saturated rings. The second-order valence-electron chi connectivity index (χ2n) is 7.77. The molecule has 0 bridgehead atoms. The lowest BCUT2D eigenvalue weighted by molar-refractivity contribution is 0.0730. The van der Waals surface area contributed by atoms with Crippen LogP contribution < -0.4 is 10.1 Å². The number of nitrogens with zero attached hydrogens (tertiary/aromatic N) is 2. The molecular weight excluding hydrogens is 458 g/mol. The zero-order valence-electron chi connectivity index (χ0n) is 18.3. The van der Waals surface area contributed by atoms with Gasteiger partial charge in [0.1, 0.15) is 10.6 Å². The van der Waals surface area contributed by atoms with Gasteiger partial charge in [0.2, 0.25) is 20.0 Å². The first kappa shape index (κ1) is 24.9. The topological polar surface area (TPSA) is 122 Å². The van der Waals surface area contributed by atoms with E-state index in [-0.39, 0.29) is 28.5 Å². The van der Waals surface area contributed by atoms with E-state index in [1.165, 1.54) is 33.9 Å². The van der Waals surface area contributed by atoms with Gasteiger partial charge < -0.3 is 14.8 Å². The maximum atomic E-state index is 13.2. The van der Waals surface area contributed by atoms with Gasteiger partial charge in [0, 0.05) is 38.3 Å². The van der Waals surface area contributed by atoms with Crippen molar-refractivity contribution in [3.05, 3.63) is 23.8 Å². The Kier molecular flexibility index (Phi) is 8.50. The van der Waals surface area contributed by atoms with E-state index in [2.05, 4.69) is 5.32 Å². The van der Waals surface area contributed by atoms with E-state index in [9.17, 15) is 21.6 Å². The Morgan fingerprint density at radius 3 is 2.28 bits per heavy atom. The number of methoxy groups -OCH3 is 1. The molecule has 2 heterocycles. The third-order valence-electron chi connectivity index (χ3n) is 5.62. The molecule has 0 unspecified atom stereocenters. The SMILES string of the molecule is COc1ccc(C(=O)NCCS(=O)(=O)N2CCOCC2)cc1S(=O)(=O)N1CCCCCC1. The number of hydrogen-bond acceptors (Lipinski definition) is 7. The van der Waals surface area contributed by atoms with Crippen molar-refractivity contribution in [3.63, 3.8) is 0 Å². The summed E-state index contributed by atoms with van der Waals surface area (Å²) in [4.78, 5) is 12.6. The van der Waals surface area contributed by atoms with Gasteiger partial charge in [0.15, 0.2) is 0 Å². The van der Waals surface area contributed by atoms with Gasteiger partial charge in [-0.1, -0.05) is 12.8 Å². The fourth-order valence-corrected chi connectivity index (χ4v) is 6.81. The average molecular weight is 490 g/mol. The van der Waals surface area contributed by atoms with Gasteiger partial charge in [0.05, 0.1) is 26.1 Å². The molecule has 0 saturated carbocycles. The molecule has 1 aromatic rings. The van der Waals surface area contributed by atoms with Crippen LogP contribution in [-0.4, -0.2) is 90.2 Å². The minimum Gasteiger partial charge on any atom is -0.495 e. The van der Waals surface area contributed by atoms with E-state index in [1.54, 1.807) is 0 Å². The fourth-order valence-electron chi connectivity index (χ4n) is 3.79. The summed E-state index contributed by atoms with van der Waals surface area (Å²) in [6.45, 7) is 2.08. The van der Waals surface area contributed by atoms with Gasteiger partial charge in [-0.2, -0.15) is 8.61 Å². The summed E-state index contributed by atoms with van der Waals surface area (Å²) in [5.41, 5.74) is 0.128. The molecule has 1 N–H and O–H groups in total. The number of sulfonamides is 2. The predicted octanol–water partition coefficient (Wildman–Crippen LogP) is 0.652. The standard InChI is InChI=1S/C20H31N3O7S2/c1-29-18-7-6-17(16-19(18)32(27,28)23-9-4-2-3-5-10-23)20(24)21-8-15-31(25,26)22-11-13-30-14-12-22/h6-7,16H,2-5,8-15H2,1H3,(H,21,24). The van der Waals surface area contributed by atoms with E-state index >= 15 is 0 Å². The van der Waals surface area contributed by atoms with Crippen molar-refractivity contribution in [3.8, 4) is 5.75 Å². The molecule has 1 amide bonds. The second kappa shape index (κ2) is 10.9. The molecule has 10 nitrogen and oxygen atoms in total. The van der Waals surface area contributed by atoms with Crippen molar-refractivity contribution < 1.29 is 31.1 Å². The summed E-state index contributed by atoms with van der Waals surface area (Å²) >= 11 is 0. The molecule has 1 aromatic carbocycles. The van der Waals surface area contributed by atoms with Gasteiger partial charge in [-0.3, -0.25) is 4.79 Å². The zero-order valence-corrected chi connectivity index (χ0v) is 19.9. The van der Waals surface area contributed by atoms with Crippen LogP contribution in [0.5, 0.6) is 5.75 Å². The maximum absolute atomic E-state index is 13.2. The minimum absolute atomic E-state index is 0.0597. The second-order valence-corrected chi connectivity index (χ2v) is 11.8. The smallest absolute Gasteiger partial charge is 0.251 e. The predicted molar refractivity (Wildman–Crippen MR) is 119 cm³/mol. The molecule has 0 radical (unpaired) electrons. The molecule has 2 aliphatic heterocycles. The first-order valence-electron chi connectivity index (χ1n) is 10.8. The van der Waals surface area contributed by atoms with E-state index in [1.807, 2.05) is 0 Å². The Hall–Kier alpha value is -1.73. The number of morpholine rings is 1. The first-order valence-corrected chi connectivity index (χ1v) is 13.8. The molecular formula is C20H31N3O7S2. The number of ether oxygens (including phenoxy) is 2. The number of amides is 1. The summed E-state index contributed by atoms with van der Waals surface area (Å²) in [7, 11) is -5.95. The van der Waals surface area contributed by atoms with Gasteiger partial charge in [-0.25, -0.2) is 16.8 Å². The van der Waals surface area contributed by atoms with Crippen molar-refractivity contribution in [2.45, 2.75) is 30.6 Å². The normalized spacial score (nSPS) is 19.3. The van der Waals surface area contributed by atoms with Gasteiger partial charge >= 0.3 is 0 Å². The van der Waals surface area contributed by atoms with Gasteiger partial charge in [-0.15, -0.1) is 0 Å². The van der Waals surface area contributed by atoms with Crippen LogP contribution in [0, 0.1) is 0 Å². The Balaban J connectivity index is 1.70. The lowest BCUT2D eigenvalue weighted by Crippen LogP contribution is -2.43. The largest absolute Gasteiger partial charge is 0.495 e. The number of carbonyl (C=O) groups is 1. The molecule has 0 spiro atoms. The molecule has 12 heteroatoms. The Bertz CT molecular complexity index is 998. The van der Waals surface area contributed by atoms with Crippen molar-refractivity contribution in [1.29, 1.82) is 0 Å². The van der Waals surface area contributed by atoms with Crippen molar-refractivity contribution in [2.24, 2.45) is 0 Å². The van der Waals surface area contributed by atoms with Crippen LogP contribution in [0.4, 0.5) is 0 Å². The van der Waals surface area contributed by atoms with Crippen LogP contribution in [-0.2, 0) is 24.8 Å². The molecule has 0 atom stereocenters. The number of nitrogens with one attached hydrogen (secondary N) is 1. The summed E-state index contributed by atoms with van der Waals surface area (Å²) in [6, 6.07) is 4.21. The highest BCUT2D eigenvalue weighted by atomic mass is 32.2. The third kappa shape index (κ3) is 5.98. The Morgan fingerprint density at radius 1 is 1.00 bits per heavy atom. The number of benzene rings is 1. The lowest BCUT2D eigenvalue weighted by atomic mass is 10.2. The molecule has 32 heavy (non-hydrogen) atoms. The van der Waals surface area contributed by atoms with Crippen molar-refractivity contribution in [1.82, 2.24) is 13.9 Å². The van der Waals surface area contributed by atoms with Crippen LogP contribution >= 0.6 is 0 Å². The van der Waals surface area contributed by atoms with Crippen molar-refractivity contribution >= 4 is 26.0 Å². The number of hydrogen-bond donors (Lipinski definition) is 1. The quantitative estimate of drug-likeness (QED) is 0.569. The van der Waals surface area contributed by atoms with Gasteiger partial charge in [0.25, 0.3) is 5.91 Å². The summed E-state index contributed by atoms with van der Waals surface area (Å²) in [5, 5.41) is 2.57. The summed E-state index contributed by atoms with van der Waals surface area (Å²) in [5.74, 6) is -0.619. The van der Waals surface area contributed by atoms with E-state index in [4.69, 9.17) is 9.47 Å². The minimum atomic E-state index is -3.83. The van der Waals surface area contributed by atoms with Crippen molar-refractivity contribution in [2.75, 3.05) is 58.8 Å². The highest BCUT2D eigenvalue weighted by Crippen LogP contribution is 2.29. The average Bonchev–Trinajstić information content (AvgIpc) is 3.09. The molecule has 2 saturated heterocycles. The maximum Gasteiger partial charge on any atom is 0.251 e. The first-order chi connectivity index (χ1) is 15.3. The van der Waals surface area contributed by atoms with Crippen LogP contribution in [0.1, 0.15) is 36.0 Å². The van der Waals surface area contributed by atoms with E-state index < -0.39 is 26.0 Å². The molecule has 0 aliphatic carbocycles. The molecule has 180 valence electrons. The highest BCUT2D eigenvalue weighted by Gasteiger charge is 2.29. The highest BCUT2D eigenvalue weighted by molar-refractivity contribution is 7.89. The zero-order chi connectivity index (χ0) is 23.2. The van der Waals surface area contributed by atoms with Crippen LogP contribution in [0.2, 0.25) is 0 Å². The lowest BCUT2D eigenvalue weighted by Gasteiger charge is -2.26.